The topological polar surface area (TPSA) is 70.8 Å². The number of benzene rings is 1. The lowest BCUT2D eigenvalue weighted by Crippen LogP contribution is -2.51. The number of fused-ring (bicyclic) bond motifs is 1. The summed E-state index contributed by atoms with van der Waals surface area (Å²) in [5.74, 6) is 0.726. The van der Waals surface area contributed by atoms with Gasteiger partial charge in [0.1, 0.15) is 5.52 Å². The first-order chi connectivity index (χ1) is 11.3. The van der Waals surface area contributed by atoms with Crippen molar-refractivity contribution in [3.8, 4) is 0 Å². The molecule has 0 bridgehead atoms. The molecule has 1 N–H and O–H groups in total. The number of urea groups is 1. The Balaban J connectivity index is 1.48. The molecule has 0 radical (unpaired) electrons. The number of carbonyl (C=O) groups excluding carboxylic acids is 1. The highest BCUT2D eigenvalue weighted by molar-refractivity contribution is 5.74. The van der Waals surface area contributed by atoms with Gasteiger partial charge in [-0.05, 0) is 12.1 Å². The number of para-hydroxylation sites is 2. The Bertz CT molecular complexity index is 617. The molecule has 7 heteroatoms. The highest BCUT2D eigenvalue weighted by atomic mass is 16.5. The van der Waals surface area contributed by atoms with Crippen LogP contribution in [0.15, 0.2) is 28.7 Å². The number of hydrogen-bond donors (Lipinski definition) is 1. The van der Waals surface area contributed by atoms with Crippen molar-refractivity contribution in [1.29, 1.82) is 0 Å². The first-order valence-corrected chi connectivity index (χ1v) is 7.85. The van der Waals surface area contributed by atoms with Gasteiger partial charge in [-0.3, -0.25) is 4.90 Å². The largest absolute Gasteiger partial charge is 0.439 e. The van der Waals surface area contributed by atoms with Crippen LogP contribution in [0, 0.1) is 0 Å². The number of methoxy groups -OCH3 is 1. The van der Waals surface area contributed by atoms with Gasteiger partial charge in [0.2, 0.25) is 5.89 Å². The Kier molecular flexibility index (Phi) is 5.09. The third kappa shape index (κ3) is 4.00. The van der Waals surface area contributed by atoms with E-state index in [9.17, 15) is 4.79 Å². The second-order valence-corrected chi connectivity index (χ2v) is 5.56. The number of aromatic nitrogens is 1. The number of rotatable bonds is 5. The number of carbonyl (C=O) groups is 1. The van der Waals surface area contributed by atoms with E-state index in [1.165, 1.54) is 0 Å². The Morgan fingerprint density at radius 1 is 1.30 bits per heavy atom. The second-order valence-electron chi connectivity index (χ2n) is 5.56. The normalized spacial score (nSPS) is 16.0. The summed E-state index contributed by atoms with van der Waals surface area (Å²) >= 11 is 0. The van der Waals surface area contributed by atoms with E-state index >= 15 is 0 Å². The summed E-state index contributed by atoms with van der Waals surface area (Å²) in [6, 6.07) is 7.75. The molecule has 0 unspecified atom stereocenters. The molecule has 2 aromatic rings. The minimum Gasteiger partial charge on any atom is -0.439 e. The third-order valence-corrected chi connectivity index (χ3v) is 3.94. The number of hydrogen-bond acceptors (Lipinski definition) is 5. The molecule has 124 valence electrons. The Labute approximate surface area is 135 Å². The summed E-state index contributed by atoms with van der Waals surface area (Å²) in [4.78, 5) is 20.5. The van der Waals surface area contributed by atoms with Crippen molar-refractivity contribution in [1.82, 2.24) is 20.1 Å². The van der Waals surface area contributed by atoms with Gasteiger partial charge < -0.3 is 19.4 Å². The van der Waals surface area contributed by atoms with E-state index < -0.39 is 0 Å². The Morgan fingerprint density at radius 3 is 2.83 bits per heavy atom. The summed E-state index contributed by atoms with van der Waals surface area (Å²) in [5.41, 5.74) is 1.71. The van der Waals surface area contributed by atoms with Gasteiger partial charge in [0.05, 0.1) is 13.2 Å². The smallest absolute Gasteiger partial charge is 0.317 e. The van der Waals surface area contributed by atoms with Crippen molar-refractivity contribution in [3.63, 3.8) is 0 Å². The molecule has 0 aliphatic carbocycles. The van der Waals surface area contributed by atoms with Gasteiger partial charge in [-0.1, -0.05) is 12.1 Å². The zero-order chi connectivity index (χ0) is 16.1. The molecule has 1 fully saturated rings. The van der Waals surface area contributed by atoms with E-state index in [-0.39, 0.29) is 6.03 Å². The minimum absolute atomic E-state index is 0.0245. The molecule has 1 aromatic heterocycles. The average Bonchev–Trinajstić information content (AvgIpc) is 2.98. The molecule has 1 aliphatic rings. The van der Waals surface area contributed by atoms with Crippen LogP contribution in [0.5, 0.6) is 0 Å². The zero-order valence-corrected chi connectivity index (χ0v) is 13.3. The highest BCUT2D eigenvalue weighted by Crippen LogP contribution is 2.16. The van der Waals surface area contributed by atoms with E-state index in [0.717, 1.165) is 30.1 Å². The highest BCUT2D eigenvalue weighted by Gasteiger charge is 2.22. The van der Waals surface area contributed by atoms with Crippen LogP contribution in [0.3, 0.4) is 0 Å². The molecule has 3 rings (SSSR count). The van der Waals surface area contributed by atoms with Crippen LogP contribution in [0.25, 0.3) is 11.1 Å². The molecule has 0 saturated carbocycles. The average molecular weight is 318 g/mol. The van der Waals surface area contributed by atoms with Gasteiger partial charge in [0.25, 0.3) is 0 Å². The molecule has 1 aliphatic heterocycles. The zero-order valence-electron chi connectivity index (χ0n) is 13.3. The van der Waals surface area contributed by atoms with Crippen molar-refractivity contribution in [2.24, 2.45) is 0 Å². The molecular weight excluding hydrogens is 296 g/mol. The molecule has 0 spiro atoms. The van der Waals surface area contributed by atoms with Crippen LogP contribution in [-0.2, 0) is 11.3 Å². The van der Waals surface area contributed by atoms with E-state index in [4.69, 9.17) is 9.15 Å². The predicted molar refractivity (Wildman–Crippen MR) is 86.1 cm³/mol. The van der Waals surface area contributed by atoms with Crippen molar-refractivity contribution in [2.75, 3.05) is 46.4 Å². The van der Waals surface area contributed by atoms with Gasteiger partial charge in [-0.25, -0.2) is 9.78 Å². The molecule has 1 aromatic carbocycles. The van der Waals surface area contributed by atoms with Crippen molar-refractivity contribution < 1.29 is 13.9 Å². The summed E-state index contributed by atoms with van der Waals surface area (Å²) in [5, 5.41) is 2.85. The maximum absolute atomic E-state index is 12.0. The Morgan fingerprint density at radius 2 is 2.09 bits per heavy atom. The fourth-order valence-corrected chi connectivity index (χ4v) is 2.66. The molecule has 1 saturated heterocycles. The SMILES string of the molecule is COCCNC(=O)N1CCN(Cc2nc3ccccc3o2)CC1. The lowest BCUT2D eigenvalue weighted by Gasteiger charge is -2.33. The van der Waals surface area contributed by atoms with Gasteiger partial charge in [0, 0.05) is 39.8 Å². The first kappa shape index (κ1) is 15.8. The van der Waals surface area contributed by atoms with E-state index in [2.05, 4.69) is 15.2 Å². The summed E-state index contributed by atoms with van der Waals surface area (Å²) < 4.78 is 10.7. The van der Waals surface area contributed by atoms with Crippen LogP contribution in [0.2, 0.25) is 0 Å². The van der Waals surface area contributed by atoms with Crippen molar-refractivity contribution >= 4 is 17.1 Å². The standard InChI is InChI=1S/C16H22N4O3/c1-22-11-6-17-16(21)20-9-7-19(8-10-20)12-15-18-13-4-2-3-5-14(13)23-15/h2-5H,6-12H2,1H3,(H,17,21). The first-order valence-electron chi connectivity index (χ1n) is 7.85. The number of amides is 2. The fourth-order valence-electron chi connectivity index (χ4n) is 2.66. The fraction of sp³-hybridized carbons (Fsp3) is 0.500. The van der Waals surface area contributed by atoms with Crippen LogP contribution in [0.1, 0.15) is 5.89 Å². The van der Waals surface area contributed by atoms with Gasteiger partial charge in [0.15, 0.2) is 5.58 Å². The summed E-state index contributed by atoms with van der Waals surface area (Å²) in [6.45, 7) is 4.79. The van der Waals surface area contributed by atoms with E-state index in [1.807, 2.05) is 29.2 Å². The van der Waals surface area contributed by atoms with Gasteiger partial charge in [-0.15, -0.1) is 0 Å². The molecule has 0 atom stereocenters. The maximum atomic E-state index is 12.0. The van der Waals surface area contributed by atoms with Crippen LogP contribution in [-0.4, -0.2) is 67.3 Å². The molecule has 2 amide bonds. The van der Waals surface area contributed by atoms with Crippen molar-refractivity contribution in [2.45, 2.75) is 6.54 Å². The maximum Gasteiger partial charge on any atom is 0.317 e. The molecular formula is C16H22N4O3. The lowest BCUT2D eigenvalue weighted by molar-refractivity contribution is 0.126. The minimum atomic E-state index is -0.0245. The number of nitrogens with zero attached hydrogens (tertiary/aromatic N) is 3. The second kappa shape index (κ2) is 7.43. The number of ether oxygens (including phenoxy) is 1. The quantitative estimate of drug-likeness (QED) is 0.842. The monoisotopic (exact) mass is 318 g/mol. The summed E-state index contributed by atoms with van der Waals surface area (Å²) in [6.07, 6.45) is 0. The van der Waals surface area contributed by atoms with Crippen LogP contribution >= 0.6 is 0 Å². The van der Waals surface area contributed by atoms with E-state index in [1.54, 1.807) is 7.11 Å². The molecule has 23 heavy (non-hydrogen) atoms. The summed E-state index contributed by atoms with van der Waals surface area (Å²) in [7, 11) is 1.62. The molecule has 7 nitrogen and oxygen atoms in total. The van der Waals surface area contributed by atoms with Crippen molar-refractivity contribution in [3.05, 3.63) is 30.2 Å². The predicted octanol–water partition coefficient (Wildman–Crippen LogP) is 1.30. The van der Waals surface area contributed by atoms with Crippen LogP contribution < -0.4 is 5.32 Å². The van der Waals surface area contributed by atoms with Gasteiger partial charge >= 0.3 is 6.03 Å². The van der Waals surface area contributed by atoms with Crippen LogP contribution in [0.4, 0.5) is 4.79 Å². The number of piperazine rings is 1. The van der Waals surface area contributed by atoms with Gasteiger partial charge in [-0.2, -0.15) is 0 Å². The number of nitrogens with one attached hydrogen (secondary N) is 1. The molecule has 2 heterocycles. The third-order valence-electron chi connectivity index (χ3n) is 3.94. The van der Waals surface area contributed by atoms with E-state index in [0.29, 0.717) is 32.8 Å². The Hall–Kier alpha value is -2.12. The lowest BCUT2D eigenvalue weighted by atomic mass is 10.3. The number of oxazole rings is 1.